The van der Waals surface area contributed by atoms with Crippen LogP contribution in [0, 0.1) is 11.6 Å². The molecule has 0 amide bonds. The summed E-state index contributed by atoms with van der Waals surface area (Å²) in [4.78, 5) is 4.45. The number of fused-ring (bicyclic) bond motifs is 1. The highest BCUT2D eigenvalue weighted by molar-refractivity contribution is 6.35. The molecule has 112 valence electrons. The van der Waals surface area contributed by atoms with Crippen molar-refractivity contribution < 1.29 is 8.78 Å². The second-order valence-electron chi connectivity index (χ2n) is 5.13. The molecule has 0 aliphatic carbocycles. The normalized spacial score (nSPS) is 12.6. The molecule has 0 radical (unpaired) electrons. The SMILES string of the molecule is C[C@H](N)c1cc2cccc(Cl)c2nc1-c1cccc(F)c1F. The summed E-state index contributed by atoms with van der Waals surface area (Å²) >= 11 is 6.16. The van der Waals surface area contributed by atoms with Gasteiger partial charge in [0.05, 0.1) is 16.2 Å². The summed E-state index contributed by atoms with van der Waals surface area (Å²) in [6, 6.07) is 10.8. The van der Waals surface area contributed by atoms with E-state index in [0.717, 1.165) is 11.5 Å². The molecular weight excluding hydrogens is 306 g/mol. The lowest BCUT2D eigenvalue weighted by molar-refractivity contribution is 0.511. The molecular formula is C17H13ClF2N2. The van der Waals surface area contributed by atoms with Crippen LogP contribution >= 0.6 is 11.6 Å². The van der Waals surface area contributed by atoms with Crippen molar-refractivity contribution in [2.24, 2.45) is 5.73 Å². The maximum Gasteiger partial charge on any atom is 0.168 e. The Labute approximate surface area is 131 Å². The highest BCUT2D eigenvalue weighted by Gasteiger charge is 2.18. The highest BCUT2D eigenvalue weighted by Crippen LogP contribution is 2.33. The van der Waals surface area contributed by atoms with Gasteiger partial charge < -0.3 is 5.73 Å². The molecule has 3 rings (SSSR count). The Balaban J connectivity index is 2.38. The third kappa shape index (κ3) is 2.45. The molecule has 5 heteroatoms. The van der Waals surface area contributed by atoms with Gasteiger partial charge in [-0.3, -0.25) is 0 Å². The molecule has 0 saturated carbocycles. The topological polar surface area (TPSA) is 38.9 Å². The largest absolute Gasteiger partial charge is 0.324 e. The van der Waals surface area contributed by atoms with Crippen molar-refractivity contribution in [1.29, 1.82) is 0 Å². The fourth-order valence-electron chi connectivity index (χ4n) is 2.43. The number of hydrogen-bond acceptors (Lipinski definition) is 2. The van der Waals surface area contributed by atoms with Gasteiger partial charge in [0.2, 0.25) is 0 Å². The number of nitrogens with zero attached hydrogens (tertiary/aromatic N) is 1. The van der Waals surface area contributed by atoms with E-state index in [2.05, 4.69) is 4.98 Å². The third-order valence-electron chi connectivity index (χ3n) is 3.52. The third-order valence-corrected chi connectivity index (χ3v) is 3.83. The Morgan fingerprint density at radius 2 is 1.86 bits per heavy atom. The molecule has 0 aliphatic rings. The summed E-state index contributed by atoms with van der Waals surface area (Å²) in [5.74, 6) is -1.86. The maximum absolute atomic E-state index is 14.1. The second kappa shape index (κ2) is 5.63. The van der Waals surface area contributed by atoms with Crippen molar-refractivity contribution in [2.45, 2.75) is 13.0 Å². The molecule has 0 saturated heterocycles. The van der Waals surface area contributed by atoms with Crippen LogP contribution < -0.4 is 5.73 Å². The monoisotopic (exact) mass is 318 g/mol. The van der Waals surface area contributed by atoms with E-state index in [-0.39, 0.29) is 11.6 Å². The Morgan fingerprint density at radius 1 is 1.14 bits per heavy atom. The number of benzene rings is 2. The van der Waals surface area contributed by atoms with Crippen molar-refractivity contribution in [1.82, 2.24) is 4.98 Å². The van der Waals surface area contributed by atoms with Gasteiger partial charge in [-0.15, -0.1) is 0 Å². The average Bonchev–Trinajstić information content (AvgIpc) is 2.49. The van der Waals surface area contributed by atoms with E-state index in [1.165, 1.54) is 12.1 Å². The van der Waals surface area contributed by atoms with Crippen LogP contribution in [0.15, 0.2) is 42.5 Å². The molecule has 0 unspecified atom stereocenters. The smallest absolute Gasteiger partial charge is 0.168 e. The molecule has 3 aromatic rings. The van der Waals surface area contributed by atoms with Gasteiger partial charge in [0, 0.05) is 17.0 Å². The van der Waals surface area contributed by atoms with Crippen LogP contribution in [0.5, 0.6) is 0 Å². The van der Waals surface area contributed by atoms with E-state index in [9.17, 15) is 8.78 Å². The lowest BCUT2D eigenvalue weighted by atomic mass is 9.98. The standard InChI is InChI=1S/C17H13ClF2N2/c1-9(21)12-8-10-4-2-6-13(18)16(10)22-17(12)11-5-3-7-14(19)15(11)20/h2-9H,21H2,1H3/t9-/m0/s1. The summed E-state index contributed by atoms with van der Waals surface area (Å²) < 4.78 is 27.7. The molecule has 2 nitrogen and oxygen atoms in total. The summed E-state index contributed by atoms with van der Waals surface area (Å²) in [5.41, 5.74) is 7.54. The zero-order valence-corrected chi connectivity index (χ0v) is 12.5. The van der Waals surface area contributed by atoms with Crippen LogP contribution in [0.4, 0.5) is 8.78 Å². The zero-order valence-electron chi connectivity index (χ0n) is 11.8. The lowest BCUT2D eigenvalue weighted by Crippen LogP contribution is -2.09. The molecule has 1 aromatic heterocycles. The molecule has 2 aromatic carbocycles. The molecule has 1 atom stereocenters. The molecule has 0 aliphatic heterocycles. The van der Waals surface area contributed by atoms with Crippen molar-refractivity contribution in [3.63, 3.8) is 0 Å². The van der Waals surface area contributed by atoms with Crippen LogP contribution in [0.3, 0.4) is 0 Å². The molecule has 22 heavy (non-hydrogen) atoms. The van der Waals surface area contributed by atoms with Crippen LogP contribution in [0.2, 0.25) is 5.02 Å². The van der Waals surface area contributed by atoms with Crippen LogP contribution in [-0.2, 0) is 0 Å². The number of hydrogen-bond donors (Lipinski definition) is 1. The fourth-order valence-corrected chi connectivity index (χ4v) is 2.65. The van der Waals surface area contributed by atoms with Crippen LogP contribution in [-0.4, -0.2) is 4.98 Å². The first kappa shape index (κ1) is 14.9. The van der Waals surface area contributed by atoms with E-state index in [1.54, 1.807) is 19.1 Å². The molecule has 2 N–H and O–H groups in total. The van der Waals surface area contributed by atoms with E-state index < -0.39 is 11.6 Å². The number of pyridine rings is 1. The predicted octanol–water partition coefficient (Wildman–Crippen LogP) is 4.85. The van der Waals surface area contributed by atoms with Gasteiger partial charge in [0.15, 0.2) is 11.6 Å². The predicted molar refractivity (Wildman–Crippen MR) is 84.7 cm³/mol. The summed E-state index contributed by atoms with van der Waals surface area (Å²) in [7, 11) is 0. The summed E-state index contributed by atoms with van der Waals surface area (Å²) in [6.07, 6.45) is 0. The zero-order chi connectivity index (χ0) is 15.9. The highest BCUT2D eigenvalue weighted by atomic mass is 35.5. The van der Waals surface area contributed by atoms with Gasteiger partial charge in [-0.25, -0.2) is 13.8 Å². The van der Waals surface area contributed by atoms with Gasteiger partial charge in [0.1, 0.15) is 0 Å². The first-order valence-corrected chi connectivity index (χ1v) is 7.16. The lowest BCUT2D eigenvalue weighted by Gasteiger charge is -2.15. The van der Waals surface area contributed by atoms with Crippen molar-refractivity contribution >= 4 is 22.5 Å². The first-order chi connectivity index (χ1) is 10.5. The van der Waals surface area contributed by atoms with E-state index in [1.807, 2.05) is 12.1 Å². The first-order valence-electron chi connectivity index (χ1n) is 6.78. The summed E-state index contributed by atoms with van der Waals surface area (Å²) in [5, 5.41) is 1.26. The molecule has 0 bridgehead atoms. The van der Waals surface area contributed by atoms with Crippen LogP contribution in [0.25, 0.3) is 22.2 Å². The second-order valence-corrected chi connectivity index (χ2v) is 5.54. The van der Waals surface area contributed by atoms with Gasteiger partial charge in [0.25, 0.3) is 0 Å². The van der Waals surface area contributed by atoms with E-state index in [0.29, 0.717) is 21.8 Å². The van der Waals surface area contributed by atoms with E-state index in [4.69, 9.17) is 17.3 Å². The van der Waals surface area contributed by atoms with Gasteiger partial charge >= 0.3 is 0 Å². The number of halogens is 3. The summed E-state index contributed by atoms with van der Waals surface area (Å²) in [6.45, 7) is 1.77. The minimum absolute atomic E-state index is 0.0779. The Morgan fingerprint density at radius 3 is 2.59 bits per heavy atom. The Kier molecular flexibility index (Phi) is 3.81. The quantitative estimate of drug-likeness (QED) is 0.733. The number of aromatic nitrogens is 1. The molecule has 1 heterocycles. The molecule has 0 spiro atoms. The Bertz CT molecular complexity index is 863. The van der Waals surface area contributed by atoms with Crippen molar-refractivity contribution in [3.8, 4) is 11.3 Å². The molecule has 0 fully saturated rings. The van der Waals surface area contributed by atoms with Gasteiger partial charge in [-0.2, -0.15) is 0 Å². The van der Waals surface area contributed by atoms with E-state index >= 15 is 0 Å². The number of nitrogens with two attached hydrogens (primary N) is 1. The average molecular weight is 319 g/mol. The van der Waals surface area contributed by atoms with Gasteiger partial charge in [-0.05, 0) is 36.8 Å². The minimum Gasteiger partial charge on any atom is -0.324 e. The Hall–Kier alpha value is -2.04. The van der Waals surface area contributed by atoms with Gasteiger partial charge in [-0.1, -0.05) is 29.8 Å². The van der Waals surface area contributed by atoms with Crippen molar-refractivity contribution in [3.05, 3.63) is 64.7 Å². The fraction of sp³-hybridized carbons (Fsp3) is 0.118. The van der Waals surface area contributed by atoms with Crippen LogP contribution in [0.1, 0.15) is 18.5 Å². The maximum atomic E-state index is 14.1. The number of rotatable bonds is 2. The number of para-hydroxylation sites is 1. The minimum atomic E-state index is -0.941. The van der Waals surface area contributed by atoms with Crippen molar-refractivity contribution in [2.75, 3.05) is 0 Å².